The molecule has 2 N–H and O–H groups in total. The zero-order valence-electron chi connectivity index (χ0n) is 15.3. The fourth-order valence-corrected chi connectivity index (χ4v) is 3.25. The van der Waals surface area contributed by atoms with E-state index in [2.05, 4.69) is 17.6 Å². The van der Waals surface area contributed by atoms with Gasteiger partial charge < -0.3 is 15.5 Å². The number of amides is 3. The minimum Gasteiger partial charge on any atom is -0.343 e. The summed E-state index contributed by atoms with van der Waals surface area (Å²) in [4.78, 5) is 26.1. The normalized spacial score (nSPS) is 16.2. The number of nitrogens with zero attached hydrogens (tertiary/aromatic N) is 1. The number of hydrogen-bond acceptors (Lipinski definition) is 2. The van der Waals surface area contributed by atoms with E-state index in [4.69, 9.17) is 0 Å². The summed E-state index contributed by atoms with van der Waals surface area (Å²) in [5, 5.41) is 5.98. The van der Waals surface area contributed by atoms with Gasteiger partial charge in [-0.2, -0.15) is 0 Å². The van der Waals surface area contributed by atoms with Crippen LogP contribution in [0.2, 0.25) is 0 Å². The van der Waals surface area contributed by atoms with Gasteiger partial charge in [-0.05, 0) is 31.2 Å². The van der Waals surface area contributed by atoms with Crippen LogP contribution in [0.4, 0.5) is 4.79 Å². The summed E-state index contributed by atoms with van der Waals surface area (Å²) in [6.45, 7) is 4.30. The molecule has 1 aliphatic rings. The molecule has 2 rings (SSSR count). The third kappa shape index (κ3) is 6.77. The van der Waals surface area contributed by atoms with Gasteiger partial charge >= 0.3 is 6.03 Å². The first kappa shape index (κ1) is 19.3. The molecule has 3 amide bonds. The van der Waals surface area contributed by atoms with Gasteiger partial charge in [0, 0.05) is 26.1 Å². The van der Waals surface area contributed by atoms with Crippen LogP contribution in [0.15, 0.2) is 30.3 Å². The predicted molar refractivity (Wildman–Crippen MR) is 100 cm³/mol. The van der Waals surface area contributed by atoms with Crippen LogP contribution in [-0.4, -0.2) is 36.5 Å². The number of nitrogens with one attached hydrogen (secondary N) is 2. The number of benzene rings is 1. The lowest BCUT2D eigenvalue weighted by atomic mass is 10.0. The first-order valence-corrected chi connectivity index (χ1v) is 9.57. The van der Waals surface area contributed by atoms with Crippen molar-refractivity contribution < 1.29 is 9.59 Å². The molecule has 0 spiro atoms. The second-order valence-electron chi connectivity index (χ2n) is 6.70. The molecule has 0 saturated carbocycles. The standard InChI is InChI=1S/C20H31N3O2/c1-2-10-18(17-11-5-3-6-12-17)22-20(25)21-14-9-16-23-15-8-4-7-13-19(23)24/h3,5-6,11-12,18H,2,4,7-10,13-16H2,1H3,(H2,21,22,25). The highest BCUT2D eigenvalue weighted by molar-refractivity contribution is 5.76. The summed E-state index contributed by atoms with van der Waals surface area (Å²) >= 11 is 0. The lowest BCUT2D eigenvalue weighted by Crippen LogP contribution is -2.39. The molecule has 1 aromatic rings. The monoisotopic (exact) mass is 345 g/mol. The molecule has 1 aliphatic heterocycles. The predicted octanol–water partition coefficient (Wildman–Crippen LogP) is 3.62. The topological polar surface area (TPSA) is 61.4 Å². The van der Waals surface area contributed by atoms with Gasteiger partial charge in [0.2, 0.25) is 5.91 Å². The van der Waals surface area contributed by atoms with Crippen LogP contribution in [-0.2, 0) is 4.79 Å². The highest BCUT2D eigenvalue weighted by Gasteiger charge is 2.16. The van der Waals surface area contributed by atoms with Crippen LogP contribution in [0.5, 0.6) is 0 Å². The molecule has 1 unspecified atom stereocenters. The van der Waals surface area contributed by atoms with Crippen LogP contribution in [0.3, 0.4) is 0 Å². The van der Waals surface area contributed by atoms with Gasteiger partial charge in [0.05, 0.1) is 6.04 Å². The second kappa shape index (κ2) is 10.7. The van der Waals surface area contributed by atoms with Crippen molar-refractivity contribution >= 4 is 11.9 Å². The van der Waals surface area contributed by atoms with Crippen molar-refractivity contribution in [1.82, 2.24) is 15.5 Å². The summed E-state index contributed by atoms with van der Waals surface area (Å²) in [6.07, 6.45) is 6.63. The Hall–Kier alpha value is -2.04. The molecule has 0 bridgehead atoms. The molecule has 1 heterocycles. The van der Waals surface area contributed by atoms with Gasteiger partial charge in [0.25, 0.3) is 0 Å². The molecule has 1 aromatic carbocycles. The third-order valence-corrected chi connectivity index (χ3v) is 4.65. The maximum atomic E-state index is 12.2. The van der Waals surface area contributed by atoms with E-state index in [1.807, 2.05) is 35.2 Å². The number of rotatable bonds is 8. The Morgan fingerprint density at radius 3 is 2.76 bits per heavy atom. The van der Waals surface area contributed by atoms with Crippen molar-refractivity contribution in [3.8, 4) is 0 Å². The SMILES string of the molecule is CCCC(NC(=O)NCCCN1CCCCCC1=O)c1ccccc1. The molecule has 5 heteroatoms. The highest BCUT2D eigenvalue weighted by Crippen LogP contribution is 2.17. The van der Waals surface area contributed by atoms with Crippen LogP contribution in [0.1, 0.15) is 63.5 Å². The Labute approximate surface area is 151 Å². The Morgan fingerprint density at radius 1 is 1.20 bits per heavy atom. The quantitative estimate of drug-likeness (QED) is 0.707. The van der Waals surface area contributed by atoms with Crippen LogP contribution < -0.4 is 10.6 Å². The van der Waals surface area contributed by atoms with E-state index in [0.29, 0.717) is 13.0 Å². The largest absolute Gasteiger partial charge is 0.343 e. The molecule has 138 valence electrons. The Kier molecular flexibility index (Phi) is 8.29. The van der Waals surface area contributed by atoms with E-state index in [0.717, 1.165) is 57.2 Å². The molecule has 0 radical (unpaired) electrons. The Balaban J connectivity index is 1.71. The van der Waals surface area contributed by atoms with Gasteiger partial charge in [-0.15, -0.1) is 0 Å². The zero-order valence-corrected chi connectivity index (χ0v) is 15.3. The van der Waals surface area contributed by atoms with Gasteiger partial charge in [-0.1, -0.05) is 50.1 Å². The number of carbonyl (C=O) groups is 2. The van der Waals surface area contributed by atoms with Crippen LogP contribution in [0.25, 0.3) is 0 Å². The van der Waals surface area contributed by atoms with Crippen molar-refractivity contribution in [2.24, 2.45) is 0 Å². The van der Waals surface area contributed by atoms with E-state index >= 15 is 0 Å². The average molecular weight is 345 g/mol. The van der Waals surface area contributed by atoms with Gasteiger partial charge in [0.1, 0.15) is 0 Å². The van der Waals surface area contributed by atoms with Crippen LogP contribution >= 0.6 is 0 Å². The number of hydrogen-bond donors (Lipinski definition) is 2. The number of carbonyl (C=O) groups excluding carboxylic acids is 2. The second-order valence-corrected chi connectivity index (χ2v) is 6.70. The molecule has 1 atom stereocenters. The zero-order chi connectivity index (χ0) is 17.9. The summed E-state index contributed by atoms with van der Waals surface area (Å²) in [7, 11) is 0. The minimum atomic E-state index is -0.135. The first-order chi connectivity index (χ1) is 12.2. The Morgan fingerprint density at radius 2 is 2.00 bits per heavy atom. The smallest absolute Gasteiger partial charge is 0.315 e. The fraction of sp³-hybridized carbons (Fsp3) is 0.600. The van der Waals surface area contributed by atoms with Gasteiger partial charge in [-0.25, -0.2) is 4.79 Å². The first-order valence-electron chi connectivity index (χ1n) is 9.57. The molecule has 0 aromatic heterocycles. The van der Waals surface area contributed by atoms with E-state index in [9.17, 15) is 9.59 Å². The van der Waals surface area contributed by atoms with Crippen LogP contribution in [0, 0.1) is 0 Å². The van der Waals surface area contributed by atoms with Gasteiger partial charge in [-0.3, -0.25) is 4.79 Å². The highest BCUT2D eigenvalue weighted by atomic mass is 16.2. The van der Waals surface area contributed by atoms with E-state index in [-0.39, 0.29) is 18.0 Å². The molecule has 1 fully saturated rings. The fourth-order valence-electron chi connectivity index (χ4n) is 3.25. The summed E-state index contributed by atoms with van der Waals surface area (Å²) in [5.74, 6) is 0.258. The molecule has 0 aliphatic carbocycles. The van der Waals surface area contributed by atoms with E-state index in [1.165, 1.54) is 0 Å². The van der Waals surface area contributed by atoms with Gasteiger partial charge in [0.15, 0.2) is 0 Å². The molecule has 25 heavy (non-hydrogen) atoms. The van der Waals surface area contributed by atoms with E-state index < -0.39 is 0 Å². The summed E-state index contributed by atoms with van der Waals surface area (Å²) in [5.41, 5.74) is 1.13. The third-order valence-electron chi connectivity index (χ3n) is 4.65. The number of urea groups is 1. The maximum Gasteiger partial charge on any atom is 0.315 e. The lowest BCUT2D eigenvalue weighted by molar-refractivity contribution is -0.130. The average Bonchev–Trinajstić information content (AvgIpc) is 2.83. The molecular formula is C20H31N3O2. The maximum absolute atomic E-state index is 12.2. The summed E-state index contributed by atoms with van der Waals surface area (Å²) in [6, 6.07) is 9.97. The van der Waals surface area contributed by atoms with Crippen molar-refractivity contribution in [3.05, 3.63) is 35.9 Å². The summed E-state index contributed by atoms with van der Waals surface area (Å²) < 4.78 is 0. The molecular weight excluding hydrogens is 314 g/mol. The minimum absolute atomic E-state index is 0.0402. The van der Waals surface area contributed by atoms with Crippen molar-refractivity contribution in [2.45, 2.75) is 57.9 Å². The number of likely N-dealkylation sites (tertiary alicyclic amines) is 1. The Bertz CT molecular complexity index is 533. The van der Waals surface area contributed by atoms with Crippen molar-refractivity contribution in [3.63, 3.8) is 0 Å². The van der Waals surface area contributed by atoms with Crippen molar-refractivity contribution in [1.29, 1.82) is 0 Å². The van der Waals surface area contributed by atoms with Crippen molar-refractivity contribution in [2.75, 3.05) is 19.6 Å². The van der Waals surface area contributed by atoms with E-state index in [1.54, 1.807) is 0 Å². The molecule has 5 nitrogen and oxygen atoms in total. The molecule has 1 saturated heterocycles. The lowest BCUT2D eigenvalue weighted by Gasteiger charge is -2.21.